The molecule has 0 aliphatic rings. The molecule has 0 spiro atoms. The Morgan fingerprint density at radius 2 is 2.06 bits per heavy atom. The van der Waals surface area contributed by atoms with E-state index in [0.717, 1.165) is 18.3 Å². The zero-order valence-electron chi connectivity index (χ0n) is 9.48. The summed E-state index contributed by atoms with van der Waals surface area (Å²) in [7, 11) is 0. The van der Waals surface area contributed by atoms with Gasteiger partial charge in [0.2, 0.25) is 5.91 Å². The lowest BCUT2D eigenvalue weighted by atomic mass is 10.1. The normalized spacial score (nSPS) is 11.8. The van der Waals surface area contributed by atoms with Crippen LogP contribution in [0.2, 0.25) is 0 Å². The molecule has 16 heavy (non-hydrogen) atoms. The minimum Gasteiger partial charge on any atom is -0.353 e. The van der Waals surface area contributed by atoms with E-state index in [1.54, 1.807) is 0 Å². The maximum atomic E-state index is 11.5. The Hall–Kier alpha value is -1.64. The highest BCUT2D eigenvalue weighted by atomic mass is 16.1. The van der Waals surface area contributed by atoms with Crippen LogP contribution in [0.4, 0.5) is 0 Å². The van der Waals surface area contributed by atoms with Gasteiger partial charge in [0.1, 0.15) is 6.29 Å². The predicted molar refractivity (Wildman–Crippen MR) is 63.0 cm³/mol. The van der Waals surface area contributed by atoms with Gasteiger partial charge in [-0.1, -0.05) is 30.3 Å². The number of aldehydes is 1. The molecule has 0 aliphatic heterocycles. The smallest absolute Gasteiger partial charge is 0.220 e. The van der Waals surface area contributed by atoms with E-state index < -0.39 is 0 Å². The van der Waals surface area contributed by atoms with Crippen LogP contribution in [0.5, 0.6) is 0 Å². The molecule has 0 radical (unpaired) electrons. The van der Waals surface area contributed by atoms with Gasteiger partial charge in [0, 0.05) is 18.9 Å². The fourth-order valence-corrected chi connectivity index (χ4v) is 1.45. The summed E-state index contributed by atoms with van der Waals surface area (Å²) in [6, 6.07) is 9.81. The maximum Gasteiger partial charge on any atom is 0.220 e. The standard InChI is InChI=1S/C13H17NO2/c1-11(9-10-15)14-13(16)8-7-12-5-3-2-4-6-12/h2-6,10-11H,7-9H2,1H3,(H,14,16). The molecule has 0 aliphatic carbocycles. The monoisotopic (exact) mass is 219 g/mol. The van der Waals surface area contributed by atoms with Gasteiger partial charge in [-0.15, -0.1) is 0 Å². The highest BCUT2D eigenvalue weighted by molar-refractivity contribution is 5.76. The third kappa shape index (κ3) is 4.73. The third-order valence-corrected chi connectivity index (χ3v) is 2.34. The molecule has 0 bridgehead atoms. The summed E-state index contributed by atoms with van der Waals surface area (Å²) in [4.78, 5) is 21.7. The Bertz CT molecular complexity index is 335. The van der Waals surface area contributed by atoms with Crippen molar-refractivity contribution >= 4 is 12.2 Å². The summed E-state index contributed by atoms with van der Waals surface area (Å²) in [5, 5.41) is 2.78. The maximum absolute atomic E-state index is 11.5. The molecule has 0 saturated carbocycles. The Labute approximate surface area is 95.9 Å². The Balaban J connectivity index is 2.28. The van der Waals surface area contributed by atoms with Crippen LogP contribution in [0, 0.1) is 0 Å². The highest BCUT2D eigenvalue weighted by Gasteiger charge is 2.06. The second kappa shape index (κ2) is 6.77. The minimum atomic E-state index is -0.0687. The molecule has 1 N–H and O–H groups in total. The average Bonchev–Trinajstić information content (AvgIpc) is 2.28. The van der Waals surface area contributed by atoms with Crippen LogP contribution in [0.25, 0.3) is 0 Å². The topological polar surface area (TPSA) is 46.2 Å². The summed E-state index contributed by atoms with van der Waals surface area (Å²) in [5.41, 5.74) is 1.15. The molecule has 1 amide bonds. The van der Waals surface area contributed by atoms with Gasteiger partial charge in [0.15, 0.2) is 0 Å². The largest absolute Gasteiger partial charge is 0.353 e. The van der Waals surface area contributed by atoms with Crippen LogP contribution in [0.3, 0.4) is 0 Å². The van der Waals surface area contributed by atoms with Crippen molar-refractivity contribution in [2.24, 2.45) is 0 Å². The molecule has 0 saturated heterocycles. The summed E-state index contributed by atoms with van der Waals surface area (Å²) in [6.07, 6.45) is 2.40. The van der Waals surface area contributed by atoms with Crippen LogP contribution >= 0.6 is 0 Å². The first-order valence-electron chi connectivity index (χ1n) is 5.49. The second-order valence-electron chi connectivity index (χ2n) is 3.86. The lowest BCUT2D eigenvalue weighted by Gasteiger charge is -2.10. The van der Waals surface area contributed by atoms with Crippen LogP contribution in [-0.2, 0) is 16.0 Å². The van der Waals surface area contributed by atoms with Crippen LogP contribution in [0.1, 0.15) is 25.3 Å². The number of carbonyl (C=O) groups is 2. The Kier molecular flexibility index (Phi) is 5.26. The second-order valence-corrected chi connectivity index (χ2v) is 3.86. The van der Waals surface area contributed by atoms with Crippen molar-refractivity contribution < 1.29 is 9.59 Å². The van der Waals surface area contributed by atoms with E-state index in [9.17, 15) is 9.59 Å². The molecule has 3 heteroatoms. The zero-order chi connectivity index (χ0) is 11.8. The van der Waals surface area contributed by atoms with Gasteiger partial charge in [0.25, 0.3) is 0 Å². The number of hydrogen-bond donors (Lipinski definition) is 1. The number of carbonyl (C=O) groups excluding carboxylic acids is 2. The molecule has 1 aromatic carbocycles. The van der Waals surface area contributed by atoms with Crippen LogP contribution < -0.4 is 5.32 Å². The van der Waals surface area contributed by atoms with Crippen molar-refractivity contribution in [2.45, 2.75) is 32.2 Å². The average molecular weight is 219 g/mol. The van der Waals surface area contributed by atoms with E-state index in [-0.39, 0.29) is 11.9 Å². The summed E-state index contributed by atoms with van der Waals surface area (Å²) in [5.74, 6) is -0.00166. The van der Waals surface area contributed by atoms with Crippen molar-refractivity contribution in [3.8, 4) is 0 Å². The van der Waals surface area contributed by atoms with E-state index >= 15 is 0 Å². The number of nitrogens with one attached hydrogen (secondary N) is 1. The number of benzene rings is 1. The van der Waals surface area contributed by atoms with Gasteiger partial charge in [-0.2, -0.15) is 0 Å². The fraction of sp³-hybridized carbons (Fsp3) is 0.385. The lowest BCUT2D eigenvalue weighted by Crippen LogP contribution is -2.32. The molecular weight excluding hydrogens is 202 g/mol. The van der Waals surface area contributed by atoms with Gasteiger partial charge in [0.05, 0.1) is 0 Å². The fourth-order valence-electron chi connectivity index (χ4n) is 1.45. The van der Waals surface area contributed by atoms with Crippen molar-refractivity contribution in [2.75, 3.05) is 0 Å². The van der Waals surface area contributed by atoms with Crippen molar-refractivity contribution in [1.29, 1.82) is 0 Å². The van der Waals surface area contributed by atoms with Gasteiger partial charge < -0.3 is 10.1 Å². The quantitative estimate of drug-likeness (QED) is 0.740. The molecule has 1 unspecified atom stereocenters. The third-order valence-electron chi connectivity index (χ3n) is 2.34. The van der Waals surface area contributed by atoms with Gasteiger partial charge in [-0.3, -0.25) is 4.79 Å². The minimum absolute atomic E-state index is 0.00166. The van der Waals surface area contributed by atoms with Crippen molar-refractivity contribution in [3.63, 3.8) is 0 Å². The molecule has 3 nitrogen and oxygen atoms in total. The molecule has 0 heterocycles. The molecule has 1 rings (SSSR count). The Morgan fingerprint density at radius 3 is 2.69 bits per heavy atom. The Morgan fingerprint density at radius 1 is 1.38 bits per heavy atom. The molecule has 0 fully saturated rings. The highest BCUT2D eigenvalue weighted by Crippen LogP contribution is 2.02. The molecule has 1 atom stereocenters. The molecule has 0 aromatic heterocycles. The van der Waals surface area contributed by atoms with E-state index in [4.69, 9.17) is 0 Å². The van der Waals surface area contributed by atoms with E-state index in [0.29, 0.717) is 12.8 Å². The van der Waals surface area contributed by atoms with E-state index in [1.165, 1.54) is 0 Å². The first-order valence-corrected chi connectivity index (χ1v) is 5.49. The molecular formula is C13H17NO2. The summed E-state index contributed by atoms with van der Waals surface area (Å²) >= 11 is 0. The number of hydrogen-bond acceptors (Lipinski definition) is 2. The summed E-state index contributed by atoms with van der Waals surface area (Å²) in [6.45, 7) is 1.83. The van der Waals surface area contributed by atoms with E-state index in [1.807, 2.05) is 37.3 Å². The van der Waals surface area contributed by atoms with Crippen LogP contribution in [-0.4, -0.2) is 18.2 Å². The summed E-state index contributed by atoms with van der Waals surface area (Å²) < 4.78 is 0. The van der Waals surface area contributed by atoms with E-state index in [2.05, 4.69) is 5.32 Å². The number of aryl methyl sites for hydroxylation is 1. The predicted octanol–water partition coefficient (Wildman–Crippen LogP) is 1.71. The van der Waals surface area contributed by atoms with Crippen molar-refractivity contribution in [3.05, 3.63) is 35.9 Å². The first kappa shape index (κ1) is 12.4. The molecule has 1 aromatic rings. The molecule has 86 valence electrons. The SMILES string of the molecule is CC(CC=O)NC(=O)CCc1ccccc1. The zero-order valence-corrected chi connectivity index (χ0v) is 9.48. The van der Waals surface area contributed by atoms with Gasteiger partial charge in [-0.25, -0.2) is 0 Å². The first-order chi connectivity index (χ1) is 7.72. The van der Waals surface area contributed by atoms with Gasteiger partial charge >= 0.3 is 0 Å². The number of amides is 1. The lowest BCUT2D eigenvalue weighted by molar-refractivity contribution is -0.121. The van der Waals surface area contributed by atoms with Crippen molar-refractivity contribution in [1.82, 2.24) is 5.32 Å². The van der Waals surface area contributed by atoms with Crippen LogP contribution in [0.15, 0.2) is 30.3 Å². The van der Waals surface area contributed by atoms with Gasteiger partial charge in [-0.05, 0) is 18.9 Å². The number of rotatable bonds is 6.